The lowest BCUT2D eigenvalue weighted by molar-refractivity contribution is -0.119. The van der Waals surface area contributed by atoms with Crippen molar-refractivity contribution in [3.8, 4) is 0 Å². The van der Waals surface area contributed by atoms with Crippen molar-refractivity contribution in [3.05, 3.63) is 0 Å². The zero-order valence-electron chi connectivity index (χ0n) is 15.2. The van der Waals surface area contributed by atoms with Crippen molar-refractivity contribution < 1.29 is 4.79 Å². The Kier molecular flexibility index (Phi) is 8.36. The van der Waals surface area contributed by atoms with Crippen LogP contribution in [0.4, 0.5) is 0 Å². The van der Waals surface area contributed by atoms with E-state index in [1.54, 1.807) is 0 Å². The number of unbranched alkanes of at least 4 members (excludes halogenated alkanes) is 1. The number of nitrogens with zero attached hydrogens (tertiary/aromatic N) is 2. The van der Waals surface area contributed by atoms with E-state index in [0.29, 0.717) is 12.6 Å². The first-order chi connectivity index (χ1) is 11.7. The highest BCUT2D eigenvalue weighted by molar-refractivity contribution is 5.80. The maximum absolute atomic E-state index is 11.0. The molecule has 0 unspecified atom stereocenters. The van der Waals surface area contributed by atoms with Gasteiger partial charge in [0.1, 0.15) is 0 Å². The van der Waals surface area contributed by atoms with Crippen molar-refractivity contribution >= 4 is 11.9 Å². The molecule has 0 bridgehead atoms. The van der Waals surface area contributed by atoms with Crippen LogP contribution in [0.1, 0.15) is 57.8 Å². The van der Waals surface area contributed by atoms with Crippen LogP contribution in [0, 0.1) is 5.92 Å². The molecule has 2 aliphatic rings. The molecule has 1 aliphatic heterocycles. The number of aliphatic imine (C=N–C) groups is 1. The third-order valence-corrected chi connectivity index (χ3v) is 5.34. The Balaban J connectivity index is 1.54. The number of carbonyl (C=O) groups is 1. The van der Waals surface area contributed by atoms with E-state index in [1.165, 1.54) is 44.9 Å². The van der Waals surface area contributed by atoms with E-state index >= 15 is 0 Å². The first kappa shape index (κ1) is 19.0. The van der Waals surface area contributed by atoms with Gasteiger partial charge in [0.25, 0.3) is 0 Å². The molecule has 1 saturated carbocycles. The van der Waals surface area contributed by atoms with Gasteiger partial charge in [-0.1, -0.05) is 38.5 Å². The molecule has 0 radical (unpaired) electrons. The smallest absolute Gasteiger partial charge is 0.231 e. The average molecular weight is 338 g/mol. The summed E-state index contributed by atoms with van der Waals surface area (Å²) in [5.41, 5.74) is 5.25. The number of hydrogen-bond acceptors (Lipinski definition) is 3. The molecule has 2 rings (SSSR count). The highest BCUT2D eigenvalue weighted by Crippen LogP contribution is 2.28. The molecule has 6 nitrogen and oxygen atoms in total. The fourth-order valence-corrected chi connectivity index (χ4v) is 3.91. The molecule has 0 aromatic rings. The van der Waals surface area contributed by atoms with Gasteiger partial charge < -0.3 is 16.4 Å². The minimum atomic E-state index is -0.239. The topological polar surface area (TPSA) is 82.8 Å². The van der Waals surface area contributed by atoms with E-state index in [0.717, 1.165) is 44.4 Å². The SMILES string of the molecule is CN=C(NCCCCC1CCCC1)NC1CCN(CC(N)=O)CC1. The maximum atomic E-state index is 11.0. The standard InChI is InChI=1S/C18H35N5O/c1-20-18(21-11-5-4-8-15-6-2-3-7-15)22-16-9-12-23(13-10-16)14-17(19)24/h15-16H,2-14H2,1H3,(H2,19,24)(H2,20,21,22). The summed E-state index contributed by atoms with van der Waals surface area (Å²) < 4.78 is 0. The summed E-state index contributed by atoms with van der Waals surface area (Å²) in [6.07, 6.45) is 11.8. The number of nitrogens with one attached hydrogen (secondary N) is 2. The Hall–Kier alpha value is -1.30. The largest absolute Gasteiger partial charge is 0.369 e. The third-order valence-electron chi connectivity index (χ3n) is 5.34. The van der Waals surface area contributed by atoms with Gasteiger partial charge in [0, 0.05) is 32.7 Å². The molecule has 0 spiro atoms. The molecule has 1 heterocycles. The number of rotatable bonds is 8. The van der Waals surface area contributed by atoms with Gasteiger partial charge >= 0.3 is 0 Å². The average Bonchev–Trinajstić information content (AvgIpc) is 3.08. The van der Waals surface area contributed by atoms with E-state index in [1.807, 2.05) is 7.05 Å². The number of hydrogen-bond donors (Lipinski definition) is 3. The molecule has 24 heavy (non-hydrogen) atoms. The van der Waals surface area contributed by atoms with Gasteiger partial charge in [-0.25, -0.2) is 0 Å². The van der Waals surface area contributed by atoms with E-state index in [-0.39, 0.29) is 5.91 Å². The van der Waals surface area contributed by atoms with Crippen molar-refractivity contribution in [3.63, 3.8) is 0 Å². The molecule has 0 aromatic heterocycles. The zero-order chi connectivity index (χ0) is 17.2. The lowest BCUT2D eigenvalue weighted by Crippen LogP contribution is -2.49. The van der Waals surface area contributed by atoms with E-state index in [2.05, 4.69) is 20.5 Å². The molecule has 0 atom stereocenters. The monoisotopic (exact) mass is 337 g/mol. The molecular weight excluding hydrogens is 302 g/mol. The highest BCUT2D eigenvalue weighted by atomic mass is 16.1. The molecule has 1 amide bonds. The van der Waals surface area contributed by atoms with Gasteiger partial charge in [0.15, 0.2) is 5.96 Å². The first-order valence-corrected chi connectivity index (χ1v) is 9.65. The lowest BCUT2D eigenvalue weighted by atomic mass is 10.0. The zero-order valence-corrected chi connectivity index (χ0v) is 15.2. The quantitative estimate of drug-likeness (QED) is 0.356. The van der Waals surface area contributed by atoms with Crippen molar-refractivity contribution in [1.82, 2.24) is 15.5 Å². The molecule has 0 aromatic carbocycles. The first-order valence-electron chi connectivity index (χ1n) is 9.65. The third kappa shape index (κ3) is 7.07. The second-order valence-electron chi connectivity index (χ2n) is 7.31. The molecule has 1 saturated heterocycles. The normalized spacial score (nSPS) is 21.1. The summed E-state index contributed by atoms with van der Waals surface area (Å²) in [6, 6.07) is 0.429. The van der Waals surface area contributed by atoms with Crippen LogP contribution in [0.3, 0.4) is 0 Å². The molecule has 6 heteroatoms. The van der Waals surface area contributed by atoms with Gasteiger partial charge in [-0.3, -0.25) is 14.7 Å². The minimum Gasteiger partial charge on any atom is -0.369 e. The Bertz CT molecular complexity index is 398. The summed E-state index contributed by atoms with van der Waals surface area (Å²) in [6.45, 7) is 3.20. The molecular formula is C18H35N5O. The van der Waals surface area contributed by atoms with Crippen molar-refractivity contribution in [2.45, 2.75) is 63.8 Å². The van der Waals surface area contributed by atoms with Gasteiger partial charge in [0.05, 0.1) is 6.54 Å². The van der Waals surface area contributed by atoms with Crippen LogP contribution < -0.4 is 16.4 Å². The van der Waals surface area contributed by atoms with Crippen LogP contribution in [0.15, 0.2) is 4.99 Å². The van der Waals surface area contributed by atoms with E-state index in [9.17, 15) is 4.79 Å². The number of likely N-dealkylation sites (tertiary alicyclic amines) is 1. The van der Waals surface area contributed by atoms with Gasteiger partial charge in [-0.15, -0.1) is 0 Å². The van der Waals surface area contributed by atoms with Crippen molar-refractivity contribution in [2.24, 2.45) is 16.6 Å². The number of carbonyl (C=O) groups excluding carboxylic acids is 1. The Morgan fingerprint density at radius 3 is 2.50 bits per heavy atom. The Labute approximate surface area is 146 Å². The molecule has 4 N–H and O–H groups in total. The fourth-order valence-electron chi connectivity index (χ4n) is 3.91. The lowest BCUT2D eigenvalue weighted by Gasteiger charge is -2.32. The number of primary amides is 1. The van der Waals surface area contributed by atoms with Crippen molar-refractivity contribution in [1.29, 1.82) is 0 Å². The van der Waals surface area contributed by atoms with E-state index < -0.39 is 0 Å². The summed E-state index contributed by atoms with van der Waals surface area (Å²) >= 11 is 0. The number of piperidine rings is 1. The minimum absolute atomic E-state index is 0.239. The molecule has 2 fully saturated rings. The molecule has 138 valence electrons. The summed E-state index contributed by atoms with van der Waals surface area (Å²) in [4.78, 5) is 17.4. The second kappa shape index (κ2) is 10.5. The molecule has 1 aliphatic carbocycles. The van der Waals surface area contributed by atoms with Crippen LogP contribution >= 0.6 is 0 Å². The van der Waals surface area contributed by atoms with Crippen LogP contribution in [0.25, 0.3) is 0 Å². The number of nitrogens with two attached hydrogens (primary N) is 1. The summed E-state index contributed by atoms with van der Waals surface area (Å²) in [5.74, 6) is 1.66. The van der Waals surface area contributed by atoms with Gasteiger partial charge in [-0.2, -0.15) is 0 Å². The van der Waals surface area contributed by atoms with Crippen LogP contribution in [0.5, 0.6) is 0 Å². The van der Waals surface area contributed by atoms with Gasteiger partial charge in [0.2, 0.25) is 5.91 Å². The van der Waals surface area contributed by atoms with Crippen LogP contribution in [0.2, 0.25) is 0 Å². The van der Waals surface area contributed by atoms with Crippen LogP contribution in [-0.4, -0.2) is 56.0 Å². The summed E-state index contributed by atoms with van der Waals surface area (Å²) in [5, 5.41) is 6.94. The number of amides is 1. The predicted octanol–water partition coefficient (Wildman–Crippen LogP) is 1.46. The maximum Gasteiger partial charge on any atom is 0.231 e. The Morgan fingerprint density at radius 1 is 1.17 bits per heavy atom. The van der Waals surface area contributed by atoms with Crippen LogP contribution in [-0.2, 0) is 4.79 Å². The fraction of sp³-hybridized carbons (Fsp3) is 0.889. The second-order valence-corrected chi connectivity index (χ2v) is 7.31. The van der Waals surface area contributed by atoms with Gasteiger partial charge in [-0.05, 0) is 25.2 Å². The Morgan fingerprint density at radius 2 is 1.88 bits per heavy atom. The predicted molar refractivity (Wildman–Crippen MR) is 99.0 cm³/mol. The van der Waals surface area contributed by atoms with Crippen molar-refractivity contribution in [2.75, 3.05) is 33.2 Å². The van der Waals surface area contributed by atoms with E-state index in [4.69, 9.17) is 5.73 Å². The number of guanidine groups is 1. The summed E-state index contributed by atoms with van der Waals surface area (Å²) in [7, 11) is 1.83. The highest BCUT2D eigenvalue weighted by Gasteiger charge is 2.20.